The van der Waals surface area contributed by atoms with E-state index < -0.39 is 0 Å². The number of carbonyl (C=O) groups excluding carboxylic acids is 1. The van der Waals surface area contributed by atoms with Crippen LogP contribution in [0.3, 0.4) is 0 Å². The van der Waals surface area contributed by atoms with E-state index in [0.717, 1.165) is 51.4 Å². The Hall–Kier alpha value is -1.39. The zero-order valence-electron chi connectivity index (χ0n) is 12.6. The molecule has 4 nitrogen and oxygen atoms in total. The smallest absolute Gasteiger partial charge is 0.253 e. The van der Waals surface area contributed by atoms with Crippen molar-refractivity contribution in [2.75, 3.05) is 39.3 Å². The highest BCUT2D eigenvalue weighted by Crippen LogP contribution is 2.10. The van der Waals surface area contributed by atoms with Crippen LogP contribution in [-0.2, 0) is 6.54 Å². The van der Waals surface area contributed by atoms with Crippen LogP contribution in [0.1, 0.15) is 29.8 Å². The molecule has 0 saturated carbocycles. The predicted molar refractivity (Wildman–Crippen MR) is 81.8 cm³/mol. The Labute approximate surface area is 121 Å². The minimum absolute atomic E-state index is 0.154. The fourth-order valence-corrected chi connectivity index (χ4v) is 2.51. The van der Waals surface area contributed by atoms with Crippen molar-refractivity contribution in [3.05, 3.63) is 35.4 Å². The van der Waals surface area contributed by atoms with Crippen LogP contribution >= 0.6 is 0 Å². The van der Waals surface area contributed by atoms with E-state index in [-0.39, 0.29) is 5.91 Å². The van der Waals surface area contributed by atoms with Crippen LogP contribution in [0.25, 0.3) is 0 Å². The van der Waals surface area contributed by atoms with Crippen molar-refractivity contribution in [1.29, 1.82) is 0 Å². The van der Waals surface area contributed by atoms with Crippen LogP contribution in [0, 0.1) is 0 Å². The van der Waals surface area contributed by atoms with Crippen molar-refractivity contribution in [3.63, 3.8) is 0 Å². The van der Waals surface area contributed by atoms with Gasteiger partial charge in [0.05, 0.1) is 0 Å². The molecule has 4 heteroatoms. The molecule has 2 rings (SSSR count). The molecule has 1 N–H and O–H groups in total. The lowest BCUT2D eigenvalue weighted by molar-refractivity contribution is 0.0736. The van der Waals surface area contributed by atoms with Gasteiger partial charge in [-0.25, -0.2) is 0 Å². The maximum Gasteiger partial charge on any atom is 0.253 e. The Morgan fingerprint density at radius 3 is 2.30 bits per heavy atom. The highest BCUT2D eigenvalue weighted by atomic mass is 16.2. The van der Waals surface area contributed by atoms with E-state index in [1.807, 2.05) is 17.0 Å². The Kier molecular flexibility index (Phi) is 5.56. The first kappa shape index (κ1) is 15.0. The molecular formula is C16H25N3O. The van der Waals surface area contributed by atoms with Gasteiger partial charge in [-0.2, -0.15) is 0 Å². The molecule has 1 fully saturated rings. The van der Waals surface area contributed by atoms with Crippen molar-refractivity contribution in [1.82, 2.24) is 15.1 Å². The van der Waals surface area contributed by atoms with Crippen LogP contribution in [0.5, 0.6) is 0 Å². The highest BCUT2D eigenvalue weighted by Gasteiger charge is 2.17. The van der Waals surface area contributed by atoms with Crippen LogP contribution in [0.4, 0.5) is 0 Å². The molecule has 1 heterocycles. The normalized spacial score (nSPS) is 15.7. The fourth-order valence-electron chi connectivity index (χ4n) is 2.51. The molecule has 1 amide bonds. The average Bonchev–Trinajstić information content (AvgIpc) is 2.53. The van der Waals surface area contributed by atoms with Gasteiger partial charge < -0.3 is 10.2 Å². The molecule has 0 aliphatic carbocycles. The van der Waals surface area contributed by atoms with Crippen molar-refractivity contribution in [3.8, 4) is 0 Å². The van der Waals surface area contributed by atoms with Gasteiger partial charge >= 0.3 is 0 Å². The minimum Gasteiger partial charge on any atom is -0.336 e. The molecule has 1 saturated heterocycles. The van der Waals surface area contributed by atoms with Gasteiger partial charge in [-0.05, 0) is 30.8 Å². The predicted octanol–water partition coefficient (Wildman–Crippen LogP) is 1.57. The summed E-state index contributed by atoms with van der Waals surface area (Å²) in [6.45, 7) is 10.8. The van der Waals surface area contributed by atoms with E-state index in [1.54, 1.807) is 0 Å². The van der Waals surface area contributed by atoms with Gasteiger partial charge in [0.2, 0.25) is 0 Å². The quantitative estimate of drug-likeness (QED) is 0.886. The number of carbonyl (C=O) groups is 1. The number of rotatable bonds is 5. The molecule has 1 aliphatic heterocycles. The van der Waals surface area contributed by atoms with E-state index >= 15 is 0 Å². The maximum absolute atomic E-state index is 12.3. The number of nitrogens with one attached hydrogen (secondary N) is 1. The summed E-state index contributed by atoms with van der Waals surface area (Å²) in [7, 11) is 0. The third kappa shape index (κ3) is 3.81. The second-order valence-corrected chi connectivity index (χ2v) is 5.20. The number of nitrogens with zero attached hydrogens (tertiary/aromatic N) is 2. The van der Waals surface area contributed by atoms with Crippen LogP contribution in [0.2, 0.25) is 0 Å². The zero-order chi connectivity index (χ0) is 14.4. The Balaban J connectivity index is 1.98. The fraction of sp³-hybridized carbons (Fsp3) is 0.562. The second-order valence-electron chi connectivity index (χ2n) is 5.20. The Morgan fingerprint density at radius 2 is 1.75 bits per heavy atom. The summed E-state index contributed by atoms with van der Waals surface area (Å²) in [4.78, 5) is 16.6. The first-order chi connectivity index (χ1) is 9.74. The van der Waals surface area contributed by atoms with Gasteiger partial charge in [0.25, 0.3) is 5.91 Å². The van der Waals surface area contributed by atoms with E-state index in [0.29, 0.717) is 0 Å². The molecule has 0 unspecified atom stereocenters. The number of benzene rings is 1. The van der Waals surface area contributed by atoms with Crippen molar-refractivity contribution >= 4 is 5.91 Å². The summed E-state index contributed by atoms with van der Waals surface area (Å²) >= 11 is 0. The third-order valence-corrected chi connectivity index (χ3v) is 3.91. The van der Waals surface area contributed by atoms with Gasteiger partial charge in [0.1, 0.15) is 0 Å². The van der Waals surface area contributed by atoms with Crippen molar-refractivity contribution < 1.29 is 4.79 Å². The molecule has 110 valence electrons. The SMILES string of the molecule is CCN(CC)Cc1ccc(C(=O)N2CCNCC2)cc1. The zero-order valence-corrected chi connectivity index (χ0v) is 12.6. The topological polar surface area (TPSA) is 35.6 Å². The van der Waals surface area contributed by atoms with Crippen molar-refractivity contribution in [2.45, 2.75) is 20.4 Å². The molecular weight excluding hydrogens is 250 g/mol. The van der Waals surface area contributed by atoms with E-state index in [1.165, 1.54) is 5.56 Å². The summed E-state index contributed by atoms with van der Waals surface area (Å²) < 4.78 is 0. The Morgan fingerprint density at radius 1 is 1.15 bits per heavy atom. The molecule has 20 heavy (non-hydrogen) atoms. The number of piperazine rings is 1. The number of hydrogen-bond donors (Lipinski definition) is 1. The first-order valence-corrected chi connectivity index (χ1v) is 7.56. The van der Waals surface area contributed by atoms with E-state index in [4.69, 9.17) is 0 Å². The molecule has 0 bridgehead atoms. The maximum atomic E-state index is 12.3. The third-order valence-electron chi connectivity index (χ3n) is 3.91. The van der Waals surface area contributed by atoms with E-state index in [9.17, 15) is 4.79 Å². The van der Waals surface area contributed by atoms with E-state index in [2.05, 4.69) is 36.2 Å². The van der Waals surface area contributed by atoms with Gasteiger partial charge in [-0.3, -0.25) is 9.69 Å². The van der Waals surface area contributed by atoms with Crippen LogP contribution in [0.15, 0.2) is 24.3 Å². The standard InChI is InChI=1S/C16H25N3O/c1-3-18(4-2)13-14-5-7-15(8-6-14)16(20)19-11-9-17-10-12-19/h5-8,17H,3-4,9-13H2,1-2H3. The molecule has 0 aromatic heterocycles. The minimum atomic E-state index is 0.154. The number of hydrogen-bond acceptors (Lipinski definition) is 3. The van der Waals surface area contributed by atoms with Crippen molar-refractivity contribution in [2.24, 2.45) is 0 Å². The summed E-state index contributed by atoms with van der Waals surface area (Å²) in [6, 6.07) is 8.08. The van der Waals surface area contributed by atoms with Crippen LogP contribution in [-0.4, -0.2) is 55.0 Å². The lowest BCUT2D eigenvalue weighted by Crippen LogP contribution is -2.46. The summed E-state index contributed by atoms with van der Waals surface area (Å²) in [5.41, 5.74) is 2.07. The van der Waals surface area contributed by atoms with Gasteiger partial charge in [-0.15, -0.1) is 0 Å². The summed E-state index contributed by atoms with van der Waals surface area (Å²) in [6.07, 6.45) is 0. The molecule has 1 aromatic carbocycles. The summed E-state index contributed by atoms with van der Waals surface area (Å²) in [5, 5.41) is 3.27. The largest absolute Gasteiger partial charge is 0.336 e. The van der Waals surface area contributed by atoms with Crippen LogP contribution < -0.4 is 5.32 Å². The second kappa shape index (κ2) is 7.41. The highest BCUT2D eigenvalue weighted by molar-refractivity contribution is 5.94. The molecule has 1 aromatic rings. The molecule has 0 radical (unpaired) electrons. The van der Waals surface area contributed by atoms with Gasteiger partial charge in [0, 0.05) is 38.3 Å². The molecule has 0 spiro atoms. The summed E-state index contributed by atoms with van der Waals surface area (Å²) in [5.74, 6) is 0.154. The lowest BCUT2D eigenvalue weighted by Gasteiger charge is -2.27. The monoisotopic (exact) mass is 275 g/mol. The first-order valence-electron chi connectivity index (χ1n) is 7.56. The average molecular weight is 275 g/mol. The van der Waals surface area contributed by atoms with Gasteiger partial charge in [-0.1, -0.05) is 26.0 Å². The van der Waals surface area contributed by atoms with Gasteiger partial charge in [0.15, 0.2) is 0 Å². The number of amides is 1. The Bertz CT molecular complexity index is 420. The molecule has 1 aliphatic rings. The lowest BCUT2D eigenvalue weighted by atomic mass is 10.1. The molecule has 0 atom stereocenters.